The second-order valence-corrected chi connectivity index (χ2v) is 7.82. The molecule has 138 valence electrons. The van der Waals surface area contributed by atoms with Crippen LogP contribution in [0.2, 0.25) is 0 Å². The van der Waals surface area contributed by atoms with E-state index in [2.05, 4.69) is 15.6 Å². The largest absolute Gasteiger partial charge is 0.352 e. The monoisotopic (exact) mass is 353 g/mol. The van der Waals surface area contributed by atoms with Crippen molar-refractivity contribution in [3.8, 4) is 5.69 Å². The van der Waals surface area contributed by atoms with Crippen LogP contribution < -0.4 is 11.1 Å². The van der Waals surface area contributed by atoms with Crippen molar-refractivity contribution >= 4 is 5.91 Å². The fourth-order valence-corrected chi connectivity index (χ4v) is 4.75. The molecular weight excluding hydrogens is 326 g/mol. The first kappa shape index (κ1) is 17.2. The second-order valence-electron chi connectivity index (χ2n) is 7.82. The molecule has 1 amide bonds. The maximum atomic E-state index is 12.7. The lowest BCUT2D eigenvalue weighted by atomic mass is 9.67. The van der Waals surface area contributed by atoms with Crippen LogP contribution in [0, 0.1) is 18.8 Å². The summed E-state index contributed by atoms with van der Waals surface area (Å²) in [6, 6.07) is 10.4. The van der Waals surface area contributed by atoms with E-state index in [9.17, 15) is 4.79 Å². The fraction of sp³-hybridized carbons (Fsp3) is 0.550. The van der Waals surface area contributed by atoms with Crippen molar-refractivity contribution in [3.05, 3.63) is 41.7 Å². The van der Waals surface area contributed by atoms with Crippen LogP contribution in [0.4, 0.5) is 0 Å². The lowest BCUT2D eigenvalue weighted by molar-refractivity contribution is -0.122. The molecule has 1 heterocycles. The van der Waals surface area contributed by atoms with E-state index >= 15 is 0 Å². The highest BCUT2D eigenvalue weighted by Crippen LogP contribution is 2.39. The molecule has 0 aliphatic heterocycles. The number of carbonyl (C=O) groups is 1. The Kier molecular flexibility index (Phi) is 4.76. The third-order valence-corrected chi connectivity index (χ3v) is 6.02. The van der Waals surface area contributed by atoms with Gasteiger partial charge in [0.05, 0.1) is 23.5 Å². The van der Waals surface area contributed by atoms with E-state index in [1.807, 2.05) is 37.3 Å². The van der Waals surface area contributed by atoms with E-state index in [1.165, 1.54) is 19.3 Å². The van der Waals surface area contributed by atoms with Gasteiger partial charge in [0, 0.05) is 12.1 Å². The Bertz CT molecular complexity index is 758. The average molecular weight is 353 g/mol. The molecule has 4 rings (SSSR count). The molecule has 0 radical (unpaired) electrons. The van der Waals surface area contributed by atoms with Gasteiger partial charge in [0.1, 0.15) is 0 Å². The number of aromatic nitrogens is 3. The van der Waals surface area contributed by atoms with Gasteiger partial charge in [-0.1, -0.05) is 29.8 Å². The predicted molar refractivity (Wildman–Crippen MR) is 99.8 cm³/mol. The lowest BCUT2D eigenvalue weighted by Crippen LogP contribution is -2.54. The molecule has 1 aromatic carbocycles. The Morgan fingerprint density at radius 2 is 1.92 bits per heavy atom. The molecule has 2 fully saturated rings. The van der Waals surface area contributed by atoms with Crippen molar-refractivity contribution < 1.29 is 4.79 Å². The van der Waals surface area contributed by atoms with Crippen molar-refractivity contribution in [2.24, 2.45) is 17.6 Å². The Hall–Kier alpha value is -2.21. The van der Waals surface area contributed by atoms with Crippen molar-refractivity contribution in [3.63, 3.8) is 0 Å². The van der Waals surface area contributed by atoms with Gasteiger partial charge in [-0.3, -0.25) is 4.79 Å². The molecule has 2 atom stereocenters. The van der Waals surface area contributed by atoms with Crippen molar-refractivity contribution in [1.29, 1.82) is 0 Å². The maximum absolute atomic E-state index is 12.7. The molecule has 2 aromatic rings. The molecule has 2 bridgehead atoms. The van der Waals surface area contributed by atoms with E-state index in [4.69, 9.17) is 5.73 Å². The molecular formula is C20H27N5O. The van der Waals surface area contributed by atoms with E-state index in [0.29, 0.717) is 17.9 Å². The molecule has 26 heavy (non-hydrogen) atoms. The van der Waals surface area contributed by atoms with Crippen molar-refractivity contribution in [1.82, 2.24) is 20.3 Å². The summed E-state index contributed by atoms with van der Waals surface area (Å²) in [5, 5.41) is 11.8. The number of carbonyl (C=O) groups excluding carboxylic acids is 1. The van der Waals surface area contributed by atoms with E-state index < -0.39 is 0 Å². The number of nitrogens with zero attached hydrogens (tertiary/aromatic N) is 3. The van der Waals surface area contributed by atoms with E-state index in [1.54, 1.807) is 4.68 Å². The topological polar surface area (TPSA) is 85.8 Å². The summed E-state index contributed by atoms with van der Waals surface area (Å²) in [6.45, 7) is 1.96. The summed E-state index contributed by atoms with van der Waals surface area (Å²) >= 11 is 0. The standard InChI is InChI=1S/C20H27N5O/c1-13-18(23-24-25(13)17-8-3-2-4-9-17)12-19(26)22-20-14-6-5-7-15(20)11-16(21)10-14/h2-4,8-9,14-16,20H,5-7,10-12,21H2,1H3,(H,22,26). The molecule has 2 aliphatic carbocycles. The number of benzene rings is 1. The molecule has 2 saturated carbocycles. The summed E-state index contributed by atoms with van der Waals surface area (Å²) in [7, 11) is 0. The SMILES string of the molecule is Cc1c(CC(=O)NC2C3CCCC2CC(N)C3)nnn1-c1ccccc1. The molecule has 6 heteroatoms. The fourth-order valence-electron chi connectivity index (χ4n) is 4.75. The summed E-state index contributed by atoms with van der Waals surface area (Å²) in [5.74, 6) is 1.11. The number of para-hydroxylation sites is 1. The van der Waals surface area contributed by atoms with Gasteiger partial charge in [0.15, 0.2) is 0 Å². The normalized spacial score (nSPS) is 27.9. The van der Waals surface area contributed by atoms with Gasteiger partial charge < -0.3 is 11.1 Å². The van der Waals surface area contributed by atoms with Crippen molar-refractivity contribution in [2.75, 3.05) is 0 Å². The number of rotatable bonds is 4. The molecule has 1 aromatic heterocycles. The van der Waals surface area contributed by atoms with Crippen LogP contribution in [0.25, 0.3) is 5.69 Å². The predicted octanol–water partition coefficient (Wildman–Crippen LogP) is 2.14. The minimum absolute atomic E-state index is 0.0468. The quantitative estimate of drug-likeness (QED) is 0.882. The minimum Gasteiger partial charge on any atom is -0.352 e. The molecule has 2 unspecified atom stereocenters. The van der Waals surface area contributed by atoms with Gasteiger partial charge in [-0.15, -0.1) is 5.10 Å². The van der Waals surface area contributed by atoms with Crippen LogP contribution in [-0.2, 0) is 11.2 Å². The zero-order valence-electron chi connectivity index (χ0n) is 15.3. The van der Waals surface area contributed by atoms with Gasteiger partial charge in [-0.2, -0.15) is 0 Å². The summed E-state index contributed by atoms with van der Waals surface area (Å²) in [4.78, 5) is 12.7. The Balaban J connectivity index is 1.44. The molecule has 3 N–H and O–H groups in total. The summed E-state index contributed by atoms with van der Waals surface area (Å²) in [6.07, 6.45) is 5.96. The Morgan fingerprint density at radius 1 is 1.23 bits per heavy atom. The number of nitrogens with two attached hydrogens (primary N) is 1. The summed E-state index contributed by atoms with van der Waals surface area (Å²) < 4.78 is 1.79. The number of nitrogens with one attached hydrogen (secondary N) is 1. The summed E-state index contributed by atoms with van der Waals surface area (Å²) in [5.41, 5.74) is 8.80. The highest BCUT2D eigenvalue weighted by atomic mass is 16.1. The highest BCUT2D eigenvalue weighted by Gasteiger charge is 2.39. The number of amides is 1. The van der Waals surface area contributed by atoms with Gasteiger partial charge in [-0.05, 0) is 56.6 Å². The first-order chi connectivity index (χ1) is 12.6. The first-order valence-corrected chi connectivity index (χ1v) is 9.63. The molecule has 0 saturated heterocycles. The zero-order chi connectivity index (χ0) is 18.1. The van der Waals surface area contributed by atoms with Crippen LogP contribution >= 0.6 is 0 Å². The first-order valence-electron chi connectivity index (χ1n) is 9.63. The van der Waals surface area contributed by atoms with Gasteiger partial charge in [-0.25, -0.2) is 4.68 Å². The number of hydrogen-bond donors (Lipinski definition) is 2. The third-order valence-electron chi connectivity index (χ3n) is 6.02. The lowest BCUT2D eigenvalue weighted by Gasteiger charge is -2.45. The molecule has 2 aliphatic rings. The van der Waals surface area contributed by atoms with Gasteiger partial charge in [0.2, 0.25) is 5.91 Å². The smallest absolute Gasteiger partial charge is 0.226 e. The van der Waals surface area contributed by atoms with E-state index in [-0.39, 0.29) is 18.4 Å². The second kappa shape index (κ2) is 7.19. The van der Waals surface area contributed by atoms with Crippen LogP contribution in [0.15, 0.2) is 30.3 Å². The van der Waals surface area contributed by atoms with Crippen LogP contribution in [0.3, 0.4) is 0 Å². The van der Waals surface area contributed by atoms with Crippen LogP contribution in [0.1, 0.15) is 43.5 Å². The van der Waals surface area contributed by atoms with E-state index in [0.717, 1.165) is 29.9 Å². The zero-order valence-corrected chi connectivity index (χ0v) is 15.3. The highest BCUT2D eigenvalue weighted by molar-refractivity contribution is 5.78. The number of fused-ring (bicyclic) bond motifs is 2. The van der Waals surface area contributed by atoms with Crippen LogP contribution in [0.5, 0.6) is 0 Å². The minimum atomic E-state index is 0.0468. The average Bonchev–Trinajstić information content (AvgIpc) is 2.97. The van der Waals surface area contributed by atoms with Gasteiger partial charge in [0.25, 0.3) is 0 Å². The van der Waals surface area contributed by atoms with Crippen molar-refractivity contribution in [2.45, 2.75) is 57.5 Å². The molecule has 6 nitrogen and oxygen atoms in total. The van der Waals surface area contributed by atoms with Crippen LogP contribution in [-0.4, -0.2) is 33.0 Å². The Morgan fingerprint density at radius 3 is 2.62 bits per heavy atom. The molecule has 0 spiro atoms. The third kappa shape index (κ3) is 3.38. The van der Waals surface area contributed by atoms with Gasteiger partial charge >= 0.3 is 0 Å². The Labute approximate surface area is 154 Å². The maximum Gasteiger partial charge on any atom is 0.226 e. The number of hydrogen-bond acceptors (Lipinski definition) is 4.